The maximum absolute atomic E-state index is 13.3. The first-order chi connectivity index (χ1) is 20.0. The van der Waals surface area contributed by atoms with Crippen molar-refractivity contribution >= 4 is 33.8 Å². The Morgan fingerprint density at radius 2 is 1.83 bits per heavy atom. The van der Waals surface area contributed by atoms with Crippen LogP contribution < -0.4 is 5.32 Å². The van der Waals surface area contributed by atoms with Gasteiger partial charge in [-0.15, -0.1) is 0 Å². The minimum Gasteiger partial charge on any atom is -0.459 e. The number of carbonyl (C=O) groups is 2. The number of rotatable bonds is 8. The third kappa shape index (κ3) is 5.63. The van der Waals surface area contributed by atoms with Gasteiger partial charge in [0.25, 0.3) is 5.91 Å². The Morgan fingerprint density at radius 1 is 1.07 bits per heavy atom. The van der Waals surface area contributed by atoms with Crippen molar-refractivity contribution in [2.45, 2.75) is 45.3 Å². The van der Waals surface area contributed by atoms with E-state index in [0.717, 1.165) is 38.6 Å². The predicted molar refractivity (Wildman–Crippen MR) is 154 cm³/mol. The fourth-order valence-corrected chi connectivity index (χ4v) is 5.17. The zero-order valence-corrected chi connectivity index (χ0v) is 22.5. The van der Waals surface area contributed by atoms with Gasteiger partial charge in [0.05, 0.1) is 36.3 Å². The van der Waals surface area contributed by atoms with E-state index in [1.807, 2.05) is 79.0 Å². The molecule has 2 atom stereocenters. The second-order valence-corrected chi connectivity index (χ2v) is 10.1. The van der Waals surface area contributed by atoms with Crippen molar-refractivity contribution in [1.82, 2.24) is 19.9 Å². The van der Waals surface area contributed by atoms with Gasteiger partial charge in [-0.25, -0.2) is 4.98 Å². The van der Waals surface area contributed by atoms with Gasteiger partial charge in [-0.1, -0.05) is 54.6 Å². The molecule has 5 aromatic rings. The molecule has 0 saturated heterocycles. The van der Waals surface area contributed by atoms with Gasteiger partial charge in [0.2, 0.25) is 12.2 Å². The molecule has 0 aliphatic carbocycles. The summed E-state index contributed by atoms with van der Waals surface area (Å²) in [5.74, 6) is 0.0783. The van der Waals surface area contributed by atoms with Gasteiger partial charge in [0.15, 0.2) is 5.76 Å². The lowest BCUT2D eigenvalue weighted by atomic mass is 9.92. The fraction of sp³-hybridized carbons (Fsp3) is 0.219. The molecular formula is C32H30N4O5. The summed E-state index contributed by atoms with van der Waals surface area (Å²) in [6.45, 7) is 1.97. The molecule has 9 heteroatoms. The lowest BCUT2D eigenvalue weighted by Gasteiger charge is -2.29. The van der Waals surface area contributed by atoms with Crippen molar-refractivity contribution in [2.75, 3.05) is 0 Å². The van der Waals surface area contributed by atoms with Crippen LogP contribution in [0.5, 0.6) is 0 Å². The third-order valence-corrected chi connectivity index (χ3v) is 7.26. The van der Waals surface area contributed by atoms with E-state index in [0.29, 0.717) is 12.2 Å². The third-order valence-electron chi connectivity index (χ3n) is 7.26. The van der Waals surface area contributed by atoms with Crippen LogP contribution in [-0.2, 0) is 34.0 Å². The smallest absolute Gasteiger partial charge is 0.286 e. The molecule has 2 aromatic heterocycles. The van der Waals surface area contributed by atoms with Gasteiger partial charge in [-0.3, -0.25) is 14.2 Å². The van der Waals surface area contributed by atoms with Crippen LogP contribution in [0.25, 0.3) is 21.9 Å². The van der Waals surface area contributed by atoms with Gasteiger partial charge in [0.1, 0.15) is 5.82 Å². The summed E-state index contributed by atoms with van der Waals surface area (Å²) in [5, 5.41) is 13.2. The molecule has 41 heavy (non-hydrogen) atoms. The minimum atomic E-state index is -0.700. The molecule has 0 radical (unpaired) electrons. The molecule has 1 aliphatic heterocycles. The Kier molecular flexibility index (Phi) is 7.37. The van der Waals surface area contributed by atoms with Crippen LogP contribution in [0.2, 0.25) is 0 Å². The van der Waals surface area contributed by atoms with Gasteiger partial charge >= 0.3 is 0 Å². The molecule has 0 spiro atoms. The second-order valence-electron chi connectivity index (χ2n) is 10.1. The van der Waals surface area contributed by atoms with E-state index in [9.17, 15) is 14.7 Å². The molecule has 6 rings (SSSR count). The molecule has 3 N–H and O–H groups in total. The van der Waals surface area contributed by atoms with E-state index in [4.69, 9.17) is 9.47 Å². The maximum atomic E-state index is 13.3. The molecular weight excluding hydrogens is 520 g/mol. The van der Waals surface area contributed by atoms with E-state index in [2.05, 4.69) is 15.3 Å². The lowest BCUT2D eigenvalue weighted by molar-refractivity contribution is -0.150. The van der Waals surface area contributed by atoms with Gasteiger partial charge in [0, 0.05) is 30.8 Å². The van der Waals surface area contributed by atoms with Crippen LogP contribution in [0.3, 0.4) is 0 Å². The number of aromatic nitrogens is 3. The summed E-state index contributed by atoms with van der Waals surface area (Å²) in [6, 6.07) is 22.9. The van der Waals surface area contributed by atoms with E-state index < -0.39 is 6.29 Å². The molecule has 208 valence electrons. The van der Waals surface area contributed by atoms with Crippen molar-refractivity contribution in [2.24, 2.45) is 0 Å². The average molecular weight is 551 g/mol. The highest BCUT2D eigenvalue weighted by Gasteiger charge is 2.31. The average Bonchev–Trinajstić information content (AvgIpc) is 3.61. The van der Waals surface area contributed by atoms with Crippen LogP contribution in [0.1, 0.15) is 46.6 Å². The summed E-state index contributed by atoms with van der Waals surface area (Å²) < 4.78 is 13.8. The molecule has 1 amide bonds. The first kappa shape index (κ1) is 26.5. The fourth-order valence-electron chi connectivity index (χ4n) is 5.17. The molecule has 0 bridgehead atoms. The standard InChI is InChI=1S/C32H30N4O5/c1-20(38)36-17-25(24-6-2-5-9-28(24)36)23-14-29(32(39)33-16-30-34-26-7-3-4-8-27(26)35-30)41-31(15-23)40-19-22-12-10-21(18-37)11-13-22/h2-14,17,23,31,37H,15-16,18-19H2,1H3,(H,33,39)(H,34,35)/t23-,31+/m1/s1. The number of imidazole rings is 1. The van der Waals surface area contributed by atoms with E-state index in [-0.39, 0.29) is 43.2 Å². The molecule has 0 fully saturated rings. The highest BCUT2D eigenvalue weighted by molar-refractivity contribution is 5.95. The van der Waals surface area contributed by atoms with Crippen molar-refractivity contribution in [1.29, 1.82) is 0 Å². The zero-order chi connectivity index (χ0) is 28.3. The Labute approximate surface area is 236 Å². The number of H-pyrrole nitrogens is 1. The van der Waals surface area contributed by atoms with Crippen molar-refractivity contribution in [3.8, 4) is 0 Å². The molecule has 1 aliphatic rings. The van der Waals surface area contributed by atoms with Crippen LogP contribution >= 0.6 is 0 Å². The number of nitrogens with one attached hydrogen (secondary N) is 2. The topological polar surface area (TPSA) is 118 Å². The number of aromatic amines is 1. The van der Waals surface area contributed by atoms with Crippen molar-refractivity contribution in [3.63, 3.8) is 0 Å². The van der Waals surface area contributed by atoms with Crippen molar-refractivity contribution < 1.29 is 24.2 Å². The Balaban J connectivity index is 1.26. The van der Waals surface area contributed by atoms with Crippen LogP contribution in [0, 0.1) is 0 Å². The number of amides is 1. The van der Waals surface area contributed by atoms with E-state index >= 15 is 0 Å². The normalized spacial score (nSPS) is 16.9. The summed E-state index contributed by atoms with van der Waals surface area (Å²) >= 11 is 0. The minimum absolute atomic E-state index is 0.0281. The largest absolute Gasteiger partial charge is 0.459 e. The van der Waals surface area contributed by atoms with Crippen molar-refractivity contribution in [3.05, 3.63) is 113 Å². The molecule has 0 saturated carbocycles. The number of aliphatic hydroxyl groups excluding tert-OH is 1. The molecule has 0 unspecified atom stereocenters. The Hall–Kier alpha value is -4.73. The maximum Gasteiger partial charge on any atom is 0.286 e. The summed E-state index contributed by atoms with van der Waals surface area (Å²) in [5.41, 5.74) is 5.19. The number of aliphatic hydroxyl groups is 1. The SMILES string of the molecule is CC(=O)n1cc([C@@H]2C=C(C(=O)NCc3nc4ccccc4[nH]3)O[C@H](OCc3ccc(CO)cc3)C2)c2ccccc21. The summed E-state index contributed by atoms with van der Waals surface area (Å²) in [7, 11) is 0. The molecule has 3 heterocycles. The van der Waals surface area contributed by atoms with Crippen LogP contribution in [0.15, 0.2) is 90.8 Å². The highest BCUT2D eigenvalue weighted by Crippen LogP contribution is 2.36. The predicted octanol–water partition coefficient (Wildman–Crippen LogP) is 4.92. The first-order valence-corrected chi connectivity index (χ1v) is 13.5. The molecule has 9 nitrogen and oxygen atoms in total. The first-order valence-electron chi connectivity index (χ1n) is 13.5. The number of para-hydroxylation sites is 3. The Bertz CT molecular complexity index is 1720. The van der Waals surface area contributed by atoms with E-state index in [1.54, 1.807) is 10.6 Å². The highest BCUT2D eigenvalue weighted by atomic mass is 16.7. The second kappa shape index (κ2) is 11.4. The van der Waals surface area contributed by atoms with Crippen LogP contribution in [-0.4, -0.2) is 37.7 Å². The zero-order valence-electron chi connectivity index (χ0n) is 22.5. The number of hydrogen-bond acceptors (Lipinski definition) is 6. The number of ether oxygens (including phenoxy) is 2. The van der Waals surface area contributed by atoms with Gasteiger partial charge in [-0.2, -0.15) is 0 Å². The quantitative estimate of drug-likeness (QED) is 0.253. The Morgan fingerprint density at radius 3 is 2.61 bits per heavy atom. The number of carbonyl (C=O) groups excluding carboxylic acids is 2. The van der Waals surface area contributed by atoms with Gasteiger partial charge in [-0.05, 0) is 41.0 Å². The number of benzene rings is 3. The van der Waals surface area contributed by atoms with Gasteiger partial charge < -0.3 is 24.9 Å². The summed E-state index contributed by atoms with van der Waals surface area (Å²) in [6.07, 6.45) is 3.40. The van der Waals surface area contributed by atoms with E-state index in [1.165, 1.54) is 6.92 Å². The lowest BCUT2D eigenvalue weighted by Crippen LogP contribution is -2.32. The monoisotopic (exact) mass is 550 g/mol. The molecule has 3 aromatic carbocycles. The number of hydrogen-bond donors (Lipinski definition) is 3. The number of fused-ring (bicyclic) bond motifs is 2. The number of nitrogens with zero attached hydrogens (tertiary/aromatic N) is 2. The van der Waals surface area contributed by atoms with Crippen LogP contribution in [0.4, 0.5) is 0 Å². The summed E-state index contributed by atoms with van der Waals surface area (Å²) in [4.78, 5) is 33.5. The number of allylic oxidation sites excluding steroid dienone is 1.